The van der Waals surface area contributed by atoms with Gasteiger partial charge < -0.3 is 5.73 Å². The number of halogens is 2. The van der Waals surface area contributed by atoms with Crippen LogP contribution in [0.1, 0.15) is 18.9 Å². The minimum absolute atomic E-state index is 0.229. The first-order valence-electron chi connectivity index (χ1n) is 4.47. The molecule has 2 N–H and O–H groups in total. The van der Waals surface area contributed by atoms with E-state index in [9.17, 15) is 4.39 Å². The third kappa shape index (κ3) is 2.93. The molecule has 0 bridgehead atoms. The van der Waals surface area contributed by atoms with E-state index < -0.39 is 0 Å². The van der Waals surface area contributed by atoms with Crippen LogP contribution in [0.2, 0.25) is 0 Å². The van der Waals surface area contributed by atoms with Crippen LogP contribution in [0.4, 0.5) is 4.39 Å². The first-order valence-corrected chi connectivity index (χ1v) is 5.26. The van der Waals surface area contributed by atoms with Crippen molar-refractivity contribution in [2.24, 2.45) is 5.73 Å². The average Bonchev–Trinajstić information content (AvgIpc) is 2.14. The molecule has 3 heteroatoms. The Morgan fingerprint density at radius 2 is 2.29 bits per heavy atom. The minimum atomic E-state index is -0.229. The van der Waals surface area contributed by atoms with Crippen LogP contribution in [0.25, 0.3) is 5.57 Å². The van der Waals surface area contributed by atoms with Crippen LogP contribution >= 0.6 is 15.9 Å². The van der Waals surface area contributed by atoms with Gasteiger partial charge in [-0.2, -0.15) is 0 Å². The van der Waals surface area contributed by atoms with Gasteiger partial charge in [0, 0.05) is 4.47 Å². The Balaban J connectivity index is 2.95. The van der Waals surface area contributed by atoms with Crippen molar-refractivity contribution >= 4 is 21.5 Å². The van der Waals surface area contributed by atoms with Crippen molar-refractivity contribution in [1.29, 1.82) is 0 Å². The summed E-state index contributed by atoms with van der Waals surface area (Å²) in [6.45, 7) is 2.63. The molecule has 1 rings (SSSR count). The molecule has 1 aromatic carbocycles. The van der Waals surface area contributed by atoms with Gasteiger partial charge >= 0.3 is 0 Å². The maximum Gasteiger partial charge on any atom is 0.124 e. The highest BCUT2D eigenvalue weighted by Crippen LogP contribution is 2.24. The summed E-state index contributed by atoms with van der Waals surface area (Å²) in [5, 5.41) is 0. The molecule has 14 heavy (non-hydrogen) atoms. The van der Waals surface area contributed by atoms with Crippen molar-refractivity contribution in [3.05, 3.63) is 40.1 Å². The largest absolute Gasteiger partial charge is 0.330 e. The number of hydrogen-bond donors (Lipinski definition) is 1. The van der Waals surface area contributed by atoms with E-state index in [2.05, 4.69) is 22.0 Å². The molecule has 0 saturated carbocycles. The number of rotatable bonds is 3. The maximum atomic E-state index is 12.8. The highest BCUT2D eigenvalue weighted by molar-refractivity contribution is 9.10. The fourth-order valence-electron chi connectivity index (χ4n) is 1.22. The molecule has 0 aliphatic heterocycles. The first-order chi connectivity index (χ1) is 6.65. The summed E-state index contributed by atoms with van der Waals surface area (Å²) >= 11 is 3.33. The van der Waals surface area contributed by atoms with Crippen LogP contribution in [0.15, 0.2) is 28.7 Å². The molecule has 0 aliphatic rings. The predicted molar refractivity (Wildman–Crippen MR) is 61.4 cm³/mol. The highest BCUT2D eigenvalue weighted by atomic mass is 79.9. The first kappa shape index (κ1) is 11.4. The molecule has 0 heterocycles. The lowest BCUT2D eigenvalue weighted by atomic mass is 10.1. The molecule has 0 spiro atoms. The van der Waals surface area contributed by atoms with E-state index in [-0.39, 0.29) is 5.82 Å². The average molecular weight is 258 g/mol. The highest BCUT2D eigenvalue weighted by Gasteiger charge is 2.02. The summed E-state index contributed by atoms with van der Waals surface area (Å²) in [6, 6.07) is 4.69. The van der Waals surface area contributed by atoms with Gasteiger partial charge in [0.1, 0.15) is 5.82 Å². The number of allylic oxidation sites excluding steroid dienone is 1. The van der Waals surface area contributed by atoms with E-state index in [0.29, 0.717) is 6.54 Å². The van der Waals surface area contributed by atoms with Crippen molar-refractivity contribution < 1.29 is 4.39 Å². The van der Waals surface area contributed by atoms with Crippen molar-refractivity contribution in [3.63, 3.8) is 0 Å². The van der Waals surface area contributed by atoms with Gasteiger partial charge in [0.05, 0.1) is 0 Å². The van der Waals surface area contributed by atoms with Crippen molar-refractivity contribution in [2.75, 3.05) is 6.54 Å². The monoisotopic (exact) mass is 257 g/mol. The zero-order valence-corrected chi connectivity index (χ0v) is 9.64. The Hall–Kier alpha value is -0.670. The van der Waals surface area contributed by atoms with E-state index in [4.69, 9.17) is 5.73 Å². The predicted octanol–water partition coefficient (Wildman–Crippen LogP) is 3.34. The quantitative estimate of drug-likeness (QED) is 0.884. The molecule has 1 nitrogen and oxygen atoms in total. The van der Waals surface area contributed by atoms with Crippen molar-refractivity contribution in [1.82, 2.24) is 0 Å². The van der Waals surface area contributed by atoms with E-state index in [0.717, 1.165) is 22.0 Å². The molecule has 0 saturated heterocycles. The van der Waals surface area contributed by atoms with E-state index in [1.807, 2.05) is 6.92 Å². The van der Waals surface area contributed by atoms with Crippen molar-refractivity contribution in [2.45, 2.75) is 13.3 Å². The Morgan fingerprint density at radius 1 is 1.57 bits per heavy atom. The standard InChI is InChI=1S/C11H13BrFN/c1-8(3-2-6-14)10-5-4-9(13)7-11(10)12/h3-5,7H,2,6,14H2,1H3/b8-3-. The zero-order valence-electron chi connectivity index (χ0n) is 8.06. The second-order valence-electron chi connectivity index (χ2n) is 3.09. The van der Waals surface area contributed by atoms with Crippen molar-refractivity contribution in [3.8, 4) is 0 Å². The molecule has 0 amide bonds. The smallest absolute Gasteiger partial charge is 0.124 e. The van der Waals surface area contributed by atoms with Gasteiger partial charge in [0.15, 0.2) is 0 Å². The summed E-state index contributed by atoms with van der Waals surface area (Å²) in [4.78, 5) is 0. The Kier molecular flexibility index (Phi) is 4.29. The topological polar surface area (TPSA) is 26.0 Å². The van der Waals surface area contributed by atoms with Crippen LogP contribution in [0.5, 0.6) is 0 Å². The Bertz CT molecular complexity index is 347. The van der Waals surface area contributed by atoms with E-state index in [1.165, 1.54) is 12.1 Å². The zero-order chi connectivity index (χ0) is 10.6. The summed E-state index contributed by atoms with van der Waals surface area (Å²) in [5.41, 5.74) is 7.53. The second-order valence-corrected chi connectivity index (χ2v) is 3.94. The van der Waals surface area contributed by atoms with Crippen LogP contribution in [-0.2, 0) is 0 Å². The fourth-order valence-corrected chi connectivity index (χ4v) is 1.88. The summed E-state index contributed by atoms with van der Waals surface area (Å²) in [7, 11) is 0. The van der Waals surface area contributed by atoms with Crippen LogP contribution in [0, 0.1) is 5.82 Å². The summed E-state index contributed by atoms with van der Waals surface area (Å²) < 4.78 is 13.6. The van der Waals surface area contributed by atoms with Gasteiger partial charge in [0.25, 0.3) is 0 Å². The van der Waals surface area contributed by atoms with Gasteiger partial charge in [-0.05, 0) is 43.2 Å². The van der Waals surface area contributed by atoms with E-state index >= 15 is 0 Å². The molecular weight excluding hydrogens is 245 g/mol. The third-order valence-corrected chi connectivity index (χ3v) is 2.63. The van der Waals surface area contributed by atoms with Crippen LogP contribution in [0.3, 0.4) is 0 Å². The maximum absolute atomic E-state index is 12.8. The van der Waals surface area contributed by atoms with Gasteiger partial charge in [0.2, 0.25) is 0 Å². The lowest BCUT2D eigenvalue weighted by Gasteiger charge is -2.04. The number of hydrogen-bond acceptors (Lipinski definition) is 1. The molecule has 0 radical (unpaired) electrons. The third-order valence-electron chi connectivity index (χ3n) is 1.97. The van der Waals surface area contributed by atoms with Crippen LogP contribution in [-0.4, -0.2) is 6.54 Å². The van der Waals surface area contributed by atoms with Gasteiger partial charge in [-0.25, -0.2) is 4.39 Å². The molecule has 76 valence electrons. The SMILES string of the molecule is C/C(=C/CCN)c1ccc(F)cc1Br. The molecule has 0 aromatic heterocycles. The minimum Gasteiger partial charge on any atom is -0.330 e. The van der Waals surface area contributed by atoms with Gasteiger partial charge in [-0.1, -0.05) is 28.1 Å². The normalized spacial score (nSPS) is 11.9. The lowest BCUT2D eigenvalue weighted by Crippen LogP contribution is -1.96. The molecule has 0 fully saturated rings. The van der Waals surface area contributed by atoms with Gasteiger partial charge in [-0.15, -0.1) is 0 Å². The Labute approximate surface area is 91.9 Å². The molecule has 0 atom stereocenters. The number of benzene rings is 1. The molecular formula is C11H13BrFN. The van der Waals surface area contributed by atoms with Crippen LogP contribution < -0.4 is 5.73 Å². The summed E-state index contributed by atoms with van der Waals surface area (Å²) in [5.74, 6) is -0.229. The second kappa shape index (κ2) is 5.27. The molecule has 0 unspecified atom stereocenters. The Morgan fingerprint density at radius 3 is 2.86 bits per heavy atom. The molecule has 0 aliphatic carbocycles. The van der Waals surface area contributed by atoms with Gasteiger partial charge in [-0.3, -0.25) is 0 Å². The molecule has 1 aromatic rings. The fraction of sp³-hybridized carbons (Fsp3) is 0.273. The lowest BCUT2D eigenvalue weighted by molar-refractivity contribution is 0.627. The summed E-state index contributed by atoms with van der Waals surface area (Å²) in [6.07, 6.45) is 2.90. The number of nitrogens with two attached hydrogens (primary N) is 1. The van der Waals surface area contributed by atoms with E-state index in [1.54, 1.807) is 6.07 Å².